The SMILES string of the molecule is CCOc1ccc(C[S+](=O)(C#Cc2ccccc2)c2ccccc2)cc1.FC(F)(F)c1cc([B-](c2cc(C(F)(F)F)cc(C(F)(F)F)c2)(c2cc(C(F)(F)F)cc(C(F)(F)F)c2)c2cc(C(F)(F)F)cc(C(F)(F)F)c2)cc(C(F)(F)F)c1. The van der Waals surface area contributed by atoms with Gasteiger partial charge in [-0.15, -0.1) is 0 Å². The largest absolute Gasteiger partial charge is 0.494 e. The Morgan fingerprint density at radius 1 is 0.373 bits per heavy atom. The van der Waals surface area contributed by atoms with Crippen molar-refractivity contribution in [1.29, 1.82) is 0 Å². The van der Waals surface area contributed by atoms with Gasteiger partial charge in [0, 0.05) is 11.1 Å². The van der Waals surface area contributed by atoms with Gasteiger partial charge in [0.1, 0.15) is 11.9 Å². The lowest BCUT2D eigenvalue weighted by atomic mass is 9.12. The first-order valence-corrected chi connectivity index (χ1v) is 24.9. The van der Waals surface area contributed by atoms with Crippen molar-refractivity contribution >= 4 is 37.9 Å². The summed E-state index contributed by atoms with van der Waals surface area (Å²) in [4.78, 5) is 0.761. The fourth-order valence-electron chi connectivity index (χ4n) is 8.64. The molecule has 2 nitrogen and oxygen atoms in total. The molecule has 28 heteroatoms. The van der Waals surface area contributed by atoms with Crippen LogP contribution in [0.4, 0.5) is 105 Å². The molecule has 7 aromatic rings. The average molecular weight is 1220 g/mol. The van der Waals surface area contributed by atoms with Crippen LogP contribution in [-0.2, 0) is 69.3 Å². The second kappa shape index (κ2) is 23.2. The summed E-state index contributed by atoms with van der Waals surface area (Å²) in [7, 11) is -2.55. The van der Waals surface area contributed by atoms with Crippen LogP contribution in [-0.4, -0.2) is 12.8 Å². The monoisotopic (exact) mass is 1220 g/mol. The van der Waals surface area contributed by atoms with E-state index >= 15 is 0 Å². The Hall–Kier alpha value is -7.57. The predicted molar refractivity (Wildman–Crippen MR) is 257 cm³/mol. The number of ether oxygens (including phenoxy) is 1. The zero-order chi connectivity index (χ0) is 62.2. The van der Waals surface area contributed by atoms with Crippen LogP contribution in [0.15, 0.2) is 163 Å². The van der Waals surface area contributed by atoms with Gasteiger partial charge in [-0.3, -0.25) is 0 Å². The molecule has 0 saturated carbocycles. The number of benzene rings is 7. The van der Waals surface area contributed by atoms with Gasteiger partial charge in [0.2, 0.25) is 0 Å². The Morgan fingerprint density at radius 3 is 0.892 bits per heavy atom. The molecule has 0 aliphatic carbocycles. The molecular formula is C55H33BF24O2S. The fraction of sp³-hybridized carbons (Fsp3) is 0.200. The Labute approximate surface area is 455 Å². The number of rotatable bonds is 9. The Balaban J connectivity index is 0.000000352. The molecule has 0 spiro atoms. The summed E-state index contributed by atoms with van der Waals surface area (Å²) in [5.74, 6) is 4.28. The summed E-state index contributed by atoms with van der Waals surface area (Å²) in [6.07, 6.45) is -54.8. The molecule has 0 N–H and O–H groups in total. The van der Waals surface area contributed by atoms with Gasteiger partial charge in [-0.25, -0.2) is 0 Å². The third-order valence-electron chi connectivity index (χ3n) is 12.3. The molecule has 442 valence electrons. The van der Waals surface area contributed by atoms with Crippen LogP contribution in [0.25, 0.3) is 0 Å². The molecular weight excluding hydrogens is 1190 g/mol. The minimum atomic E-state index is -6.13. The molecule has 0 amide bonds. The van der Waals surface area contributed by atoms with Crippen LogP contribution >= 0.6 is 0 Å². The van der Waals surface area contributed by atoms with Gasteiger partial charge < -0.3 is 4.74 Å². The summed E-state index contributed by atoms with van der Waals surface area (Å²) in [5.41, 5.74) is -28.4. The van der Waals surface area contributed by atoms with E-state index in [1.807, 2.05) is 91.9 Å². The molecule has 1 atom stereocenters. The lowest BCUT2D eigenvalue weighted by molar-refractivity contribution is -0.144. The van der Waals surface area contributed by atoms with Gasteiger partial charge >= 0.3 is 49.4 Å². The summed E-state index contributed by atoms with van der Waals surface area (Å²) in [6, 6.07) is 18.1. The van der Waals surface area contributed by atoms with E-state index in [1.165, 1.54) is 0 Å². The lowest BCUT2D eigenvalue weighted by Gasteiger charge is -2.46. The van der Waals surface area contributed by atoms with E-state index in [-0.39, 0.29) is 0 Å². The van der Waals surface area contributed by atoms with Crippen LogP contribution in [0.5, 0.6) is 5.75 Å². The topological polar surface area (TPSA) is 26.3 Å². The van der Waals surface area contributed by atoms with Gasteiger partial charge in [-0.2, -0.15) is 127 Å². The Morgan fingerprint density at radius 2 is 0.639 bits per heavy atom. The molecule has 0 fully saturated rings. The van der Waals surface area contributed by atoms with E-state index in [9.17, 15) is 110 Å². The molecule has 0 aliphatic heterocycles. The van der Waals surface area contributed by atoms with Crippen LogP contribution in [0, 0.1) is 11.2 Å². The highest BCUT2D eigenvalue weighted by Crippen LogP contribution is 2.42. The van der Waals surface area contributed by atoms with Crippen LogP contribution in [0.1, 0.15) is 62.6 Å². The van der Waals surface area contributed by atoms with Gasteiger partial charge in [-0.05, 0) is 73.5 Å². The molecule has 0 bridgehead atoms. The molecule has 0 radical (unpaired) electrons. The quantitative estimate of drug-likeness (QED) is 0.0623. The molecule has 7 rings (SSSR count). The Bertz CT molecular complexity index is 3090. The van der Waals surface area contributed by atoms with E-state index in [0.717, 1.165) is 21.8 Å². The van der Waals surface area contributed by atoms with E-state index in [0.29, 0.717) is 12.4 Å². The summed E-state index contributed by atoms with van der Waals surface area (Å²) in [6.45, 7) is 2.58. The number of hydrogen-bond donors (Lipinski definition) is 0. The molecule has 0 saturated heterocycles. The summed E-state index contributed by atoms with van der Waals surface area (Å²) < 4.78 is 360. The maximum absolute atomic E-state index is 14.2. The molecule has 83 heavy (non-hydrogen) atoms. The average Bonchev–Trinajstić information content (AvgIpc) is 3.14. The maximum atomic E-state index is 14.2. The number of halogens is 24. The van der Waals surface area contributed by atoms with Crippen molar-refractivity contribution in [3.63, 3.8) is 0 Å². The molecule has 0 heterocycles. The first-order chi connectivity index (χ1) is 38.0. The number of hydrogen-bond acceptors (Lipinski definition) is 2. The molecule has 0 aliphatic rings. The Kier molecular flexibility index (Phi) is 18.1. The highest BCUT2D eigenvalue weighted by molar-refractivity contribution is 8.06. The third-order valence-corrected chi connectivity index (χ3v) is 14.5. The van der Waals surface area contributed by atoms with Crippen molar-refractivity contribution in [3.8, 4) is 16.9 Å². The highest BCUT2D eigenvalue weighted by atomic mass is 32.2. The van der Waals surface area contributed by atoms with Crippen LogP contribution < -0.4 is 26.6 Å². The maximum Gasteiger partial charge on any atom is 0.416 e. The standard InChI is InChI=1S/C32H12BF24.C23H21O2S/c34-25(35,36)13-1-14(26(37,38)39)6-21(5-13)33(22-7-15(27(40,41)42)2-16(8-22)28(43,44)45,23-9-17(29(46,47)48)3-18(10-23)30(49,50)51)24-11-19(31(52,53)54)4-20(12-24)32(55,56)57;1-2-25-22-15-13-21(14-16-22)19-26(24,23-11-7-4-8-12-23)18-17-20-9-5-3-6-10-20/h1-12H;3-16H,2,19H2,1H3/q-1;+1. The normalized spacial score (nSPS) is 13.7. The van der Waals surface area contributed by atoms with Gasteiger partial charge in [0.25, 0.3) is 0 Å². The zero-order valence-corrected chi connectivity index (χ0v) is 42.1. The minimum Gasteiger partial charge on any atom is -0.494 e. The zero-order valence-electron chi connectivity index (χ0n) is 41.3. The predicted octanol–water partition coefficient (Wildman–Crippen LogP) is 16.4. The van der Waals surface area contributed by atoms with Crippen LogP contribution in [0.3, 0.4) is 0 Å². The minimum absolute atomic E-state index is 0.378. The second-order valence-electron chi connectivity index (χ2n) is 18.0. The first kappa shape index (κ1) is 64.6. The van der Waals surface area contributed by atoms with Crippen LogP contribution in [0.2, 0.25) is 0 Å². The van der Waals surface area contributed by atoms with Gasteiger partial charge in [0.15, 0.2) is 25.8 Å². The summed E-state index contributed by atoms with van der Waals surface area (Å²) in [5, 5.41) is 3.06. The molecule has 0 aromatic heterocycles. The van der Waals surface area contributed by atoms with Crippen molar-refractivity contribution in [2.24, 2.45) is 0 Å². The smallest absolute Gasteiger partial charge is 0.416 e. The second-order valence-corrected chi connectivity index (χ2v) is 20.3. The van der Waals surface area contributed by atoms with E-state index in [2.05, 4.69) is 11.2 Å². The van der Waals surface area contributed by atoms with E-state index in [1.54, 1.807) is 0 Å². The van der Waals surface area contributed by atoms with Crippen molar-refractivity contribution < 1.29 is 114 Å². The van der Waals surface area contributed by atoms with E-state index in [4.69, 9.17) is 4.74 Å². The van der Waals surface area contributed by atoms with E-state index < -0.39 is 205 Å². The summed E-state index contributed by atoms with van der Waals surface area (Å²) >= 11 is 0. The first-order valence-electron chi connectivity index (χ1n) is 23.2. The van der Waals surface area contributed by atoms with Crippen molar-refractivity contribution in [2.75, 3.05) is 6.61 Å². The van der Waals surface area contributed by atoms with Gasteiger partial charge in [0.05, 0.1) is 51.1 Å². The fourth-order valence-corrected chi connectivity index (χ4v) is 10.5. The lowest BCUT2D eigenvalue weighted by Crippen LogP contribution is -2.75. The number of alkyl halides is 24. The van der Waals surface area contributed by atoms with Gasteiger partial charge in [-0.1, -0.05) is 101 Å². The van der Waals surface area contributed by atoms with Crippen molar-refractivity contribution in [3.05, 3.63) is 213 Å². The molecule has 7 aromatic carbocycles. The third kappa shape index (κ3) is 15.6. The van der Waals surface area contributed by atoms with Crippen molar-refractivity contribution in [1.82, 2.24) is 0 Å². The molecule has 1 unspecified atom stereocenters. The van der Waals surface area contributed by atoms with Crippen molar-refractivity contribution in [2.45, 2.75) is 67.0 Å². The highest BCUT2D eigenvalue weighted by Gasteiger charge is 2.47.